The van der Waals surface area contributed by atoms with Crippen LogP contribution in [-0.4, -0.2) is 9.78 Å². The molecule has 0 saturated carbocycles. The predicted molar refractivity (Wildman–Crippen MR) is 65.9 cm³/mol. The van der Waals surface area contributed by atoms with E-state index in [9.17, 15) is 4.79 Å². The second kappa shape index (κ2) is 4.00. The van der Waals surface area contributed by atoms with Crippen molar-refractivity contribution >= 4 is 23.2 Å². The quantitative estimate of drug-likeness (QED) is 0.837. The van der Waals surface area contributed by atoms with Gasteiger partial charge in [-0.05, 0) is 31.5 Å². The standard InChI is InChI=1S/C11H10Cl2N2O/c1-6-3-10(9(13)5-8(6)12)15-11(16)4-7(2)14-15/h3-5,14H,1-2H3. The summed E-state index contributed by atoms with van der Waals surface area (Å²) in [6.45, 7) is 3.68. The third-order valence-corrected chi connectivity index (χ3v) is 3.03. The minimum absolute atomic E-state index is 0.138. The van der Waals surface area contributed by atoms with Crippen LogP contribution in [0, 0.1) is 13.8 Å². The van der Waals surface area contributed by atoms with E-state index in [0.29, 0.717) is 15.7 Å². The largest absolute Gasteiger partial charge is 0.295 e. The van der Waals surface area contributed by atoms with Gasteiger partial charge in [-0.3, -0.25) is 9.89 Å². The van der Waals surface area contributed by atoms with Crippen molar-refractivity contribution in [2.75, 3.05) is 0 Å². The van der Waals surface area contributed by atoms with Gasteiger partial charge in [-0.15, -0.1) is 0 Å². The van der Waals surface area contributed by atoms with Crippen molar-refractivity contribution in [3.8, 4) is 5.69 Å². The molecule has 0 aliphatic rings. The van der Waals surface area contributed by atoms with E-state index in [1.54, 1.807) is 12.1 Å². The Morgan fingerprint density at radius 1 is 1.12 bits per heavy atom. The third kappa shape index (κ3) is 1.88. The number of hydrogen-bond acceptors (Lipinski definition) is 1. The molecule has 0 saturated heterocycles. The highest BCUT2D eigenvalue weighted by Crippen LogP contribution is 2.26. The SMILES string of the molecule is Cc1cc(=O)n(-c2cc(C)c(Cl)cc2Cl)[nH]1. The Hall–Kier alpha value is -1.19. The number of rotatable bonds is 1. The molecule has 2 aromatic rings. The van der Waals surface area contributed by atoms with Gasteiger partial charge in [-0.25, -0.2) is 4.68 Å². The molecule has 3 nitrogen and oxygen atoms in total. The Bertz CT molecular complexity index is 599. The van der Waals surface area contributed by atoms with Crippen LogP contribution < -0.4 is 5.56 Å². The fourth-order valence-corrected chi connectivity index (χ4v) is 1.97. The lowest BCUT2D eigenvalue weighted by Gasteiger charge is -2.07. The molecular weight excluding hydrogens is 247 g/mol. The van der Waals surface area contributed by atoms with Gasteiger partial charge in [0.25, 0.3) is 5.56 Å². The van der Waals surface area contributed by atoms with E-state index in [4.69, 9.17) is 23.2 Å². The molecule has 1 aromatic carbocycles. The minimum atomic E-state index is -0.138. The number of aryl methyl sites for hydroxylation is 2. The smallest absolute Gasteiger partial charge is 0.271 e. The van der Waals surface area contributed by atoms with E-state index >= 15 is 0 Å². The first-order valence-corrected chi connectivity index (χ1v) is 5.49. The monoisotopic (exact) mass is 256 g/mol. The molecule has 0 amide bonds. The van der Waals surface area contributed by atoms with E-state index in [1.165, 1.54) is 10.7 Å². The van der Waals surface area contributed by atoms with Crippen molar-refractivity contribution in [1.29, 1.82) is 0 Å². The highest BCUT2D eigenvalue weighted by molar-refractivity contribution is 6.36. The predicted octanol–water partition coefficient (Wildman–Crippen LogP) is 3.09. The molecule has 0 atom stereocenters. The molecule has 2 rings (SSSR count). The molecule has 0 radical (unpaired) electrons. The number of aromatic nitrogens is 2. The van der Waals surface area contributed by atoms with Crippen molar-refractivity contribution in [3.05, 3.63) is 49.9 Å². The molecule has 5 heteroatoms. The molecule has 84 valence electrons. The van der Waals surface area contributed by atoms with Gasteiger partial charge in [0.15, 0.2) is 0 Å². The first kappa shape index (κ1) is 11.3. The summed E-state index contributed by atoms with van der Waals surface area (Å²) in [6.07, 6.45) is 0. The second-order valence-corrected chi connectivity index (χ2v) is 4.48. The lowest BCUT2D eigenvalue weighted by molar-refractivity contribution is 0.834. The number of H-pyrrole nitrogens is 1. The van der Waals surface area contributed by atoms with Gasteiger partial charge < -0.3 is 0 Å². The number of nitrogens with one attached hydrogen (secondary N) is 1. The fourth-order valence-electron chi connectivity index (χ4n) is 1.51. The highest BCUT2D eigenvalue weighted by atomic mass is 35.5. The zero-order valence-corrected chi connectivity index (χ0v) is 10.4. The van der Waals surface area contributed by atoms with Crippen molar-refractivity contribution < 1.29 is 0 Å². The van der Waals surface area contributed by atoms with Gasteiger partial charge in [0.1, 0.15) is 0 Å². The first-order chi connectivity index (χ1) is 7.49. The van der Waals surface area contributed by atoms with Crippen LogP contribution in [-0.2, 0) is 0 Å². The van der Waals surface area contributed by atoms with Gasteiger partial charge in [0.2, 0.25) is 0 Å². The van der Waals surface area contributed by atoms with Crippen molar-refractivity contribution in [1.82, 2.24) is 9.78 Å². The van der Waals surface area contributed by atoms with Crippen LogP contribution in [0.25, 0.3) is 5.69 Å². The summed E-state index contributed by atoms with van der Waals surface area (Å²) >= 11 is 12.0. The average Bonchev–Trinajstić information content (AvgIpc) is 2.51. The summed E-state index contributed by atoms with van der Waals surface area (Å²) in [7, 11) is 0. The van der Waals surface area contributed by atoms with Crippen molar-refractivity contribution in [2.24, 2.45) is 0 Å². The molecule has 0 unspecified atom stereocenters. The summed E-state index contributed by atoms with van der Waals surface area (Å²) in [6, 6.07) is 4.93. The number of hydrogen-bond donors (Lipinski definition) is 1. The Morgan fingerprint density at radius 3 is 2.38 bits per heavy atom. The van der Waals surface area contributed by atoms with Gasteiger partial charge in [0.05, 0.1) is 10.7 Å². The van der Waals surface area contributed by atoms with Crippen LogP contribution in [0.15, 0.2) is 23.0 Å². The zero-order chi connectivity index (χ0) is 11.9. The average molecular weight is 257 g/mol. The fraction of sp³-hybridized carbons (Fsp3) is 0.182. The molecule has 1 aromatic heterocycles. The maximum absolute atomic E-state index is 11.6. The lowest BCUT2D eigenvalue weighted by atomic mass is 10.2. The van der Waals surface area contributed by atoms with E-state index in [-0.39, 0.29) is 5.56 Å². The first-order valence-electron chi connectivity index (χ1n) is 4.73. The number of aromatic amines is 1. The third-order valence-electron chi connectivity index (χ3n) is 2.32. The number of benzene rings is 1. The van der Waals surface area contributed by atoms with E-state index in [2.05, 4.69) is 5.10 Å². The topological polar surface area (TPSA) is 37.8 Å². The van der Waals surface area contributed by atoms with Crippen LogP contribution in [0.4, 0.5) is 0 Å². The van der Waals surface area contributed by atoms with Crippen LogP contribution in [0.1, 0.15) is 11.3 Å². The molecule has 0 bridgehead atoms. The molecule has 1 heterocycles. The van der Waals surface area contributed by atoms with E-state index in [1.807, 2.05) is 13.8 Å². The maximum Gasteiger partial charge on any atom is 0.271 e. The van der Waals surface area contributed by atoms with Crippen molar-refractivity contribution in [2.45, 2.75) is 13.8 Å². The number of nitrogens with zero attached hydrogens (tertiary/aromatic N) is 1. The Morgan fingerprint density at radius 2 is 1.81 bits per heavy atom. The van der Waals surface area contributed by atoms with Gasteiger partial charge >= 0.3 is 0 Å². The minimum Gasteiger partial charge on any atom is -0.295 e. The summed E-state index contributed by atoms with van der Waals surface area (Å²) in [4.78, 5) is 11.6. The zero-order valence-electron chi connectivity index (χ0n) is 8.84. The molecule has 1 N–H and O–H groups in total. The van der Waals surface area contributed by atoms with Crippen LogP contribution >= 0.6 is 23.2 Å². The normalized spacial score (nSPS) is 10.8. The molecule has 0 spiro atoms. The van der Waals surface area contributed by atoms with Gasteiger partial charge in [-0.2, -0.15) is 0 Å². The molecule has 0 aliphatic carbocycles. The summed E-state index contributed by atoms with van der Waals surface area (Å²) < 4.78 is 1.40. The summed E-state index contributed by atoms with van der Waals surface area (Å²) in [5.74, 6) is 0. The van der Waals surface area contributed by atoms with E-state index in [0.717, 1.165) is 11.3 Å². The molecule has 0 fully saturated rings. The van der Waals surface area contributed by atoms with E-state index < -0.39 is 0 Å². The van der Waals surface area contributed by atoms with Crippen LogP contribution in [0.2, 0.25) is 10.0 Å². The number of halogens is 2. The summed E-state index contributed by atoms with van der Waals surface area (Å²) in [5.41, 5.74) is 2.14. The van der Waals surface area contributed by atoms with Crippen LogP contribution in [0.3, 0.4) is 0 Å². The van der Waals surface area contributed by atoms with Crippen molar-refractivity contribution in [3.63, 3.8) is 0 Å². The highest BCUT2D eigenvalue weighted by Gasteiger charge is 2.09. The Balaban J connectivity index is 2.69. The molecule has 16 heavy (non-hydrogen) atoms. The Labute approximate surface area is 103 Å². The second-order valence-electron chi connectivity index (χ2n) is 3.67. The lowest BCUT2D eigenvalue weighted by Crippen LogP contribution is -2.14. The maximum atomic E-state index is 11.6. The molecule has 0 aliphatic heterocycles. The van der Waals surface area contributed by atoms with Crippen LogP contribution in [0.5, 0.6) is 0 Å². The Kier molecular flexibility index (Phi) is 2.82. The summed E-state index contributed by atoms with van der Waals surface area (Å²) in [5, 5.41) is 3.96. The molecular formula is C11H10Cl2N2O. The van der Waals surface area contributed by atoms with Gasteiger partial charge in [0, 0.05) is 16.8 Å². The van der Waals surface area contributed by atoms with Gasteiger partial charge in [-0.1, -0.05) is 23.2 Å².